The van der Waals surface area contributed by atoms with Crippen molar-refractivity contribution in [3.63, 3.8) is 0 Å². The van der Waals surface area contributed by atoms with Crippen molar-refractivity contribution in [1.82, 2.24) is 14.4 Å². The Labute approximate surface area is 249 Å². The van der Waals surface area contributed by atoms with E-state index in [1.54, 1.807) is 7.11 Å². The first-order chi connectivity index (χ1) is 20.4. The highest BCUT2D eigenvalue weighted by molar-refractivity contribution is 5.98. The zero-order valence-electron chi connectivity index (χ0n) is 25.2. The first kappa shape index (κ1) is 29.2. The van der Waals surface area contributed by atoms with Gasteiger partial charge in [-0.1, -0.05) is 49.6 Å². The highest BCUT2D eigenvalue weighted by Gasteiger charge is 2.28. The predicted octanol–water partition coefficient (Wildman–Crippen LogP) is 7.10. The number of unbranched alkanes of at least 4 members (excludes halogenated alkanes) is 2. The van der Waals surface area contributed by atoms with Crippen molar-refractivity contribution in [3.05, 3.63) is 107 Å². The molecule has 2 amide bonds. The second-order valence-electron chi connectivity index (χ2n) is 11.2. The number of carbonyl (C=O) groups excluding carboxylic acids is 2. The van der Waals surface area contributed by atoms with Crippen LogP contribution in [0.1, 0.15) is 63.7 Å². The molecule has 0 aliphatic carbocycles. The first-order valence-electron chi connectivity index (χ1n) is 15.0. The Balaban J connectivity index is 1.32. The second kappa shape index (κ2) is 13.1. The Hall–Kier alpha value is -4.32. The van der Waals surface area contributed by atoms with Gasteiger partial charge in [0.2, 0.25) is 0 Å². The molecule has 0 radical (unpaired) electrons. The molecule has 1 aromatic heterocycles. The van der Waals surface area contributed by atoms with Crippen LogP contribution in [0.3, 0.4) is 0 Å². The summed E-state index contributed by atoms with van der Waals surface area (Å²) in [5.41, 5.74) is 7.71. The monoisotopic (exact) mass is 563 g/mol. The summed E-state index contributed by atoms with van der Waals surface area (Å²) >= 11 is 0. The molecule has 4 aromatic rings. The van der Waals surface area contributed by atoms with Gasteiger partial charge in [-0.05, 0) is 92.4 Å². The minimum atomic E-state index is -0.00310. The standard InChI is InChI=1S/C36H41N3O3/c1-5-6-7-8-28-11-13-30(14-12-28)35(40)37-21-23-38(24-22-37)36(41)33-25-34(29-15-19-32(42-4)20-16-29)39(27(33)3)31-17-9-26(2)10-18-31/h9-20,25H,5-8,21-24H2,1-4H3. The van der Waals surface area contributed by atoms with Gasteiger partial charge in [-0.2, -0.15) is 0 Å². The van der Waals surface area contributed by atoms with Crippen molar-refractivity contribution in [2.24, 2.45) is 0 Å². The molecule has 3 aromatic carbocycles. The molecule has 0 spiro atoms. The Morgan fingerprint density at radius 1 is 0.762 bits per heavy atom. The molecular formula is C36H41N3O3. The summed E-state index contributed by atoms with van der Waals surface area (Å²) in [7, 11) is 1.66. The Morgan fingerprint density at radius 2 is 1.38 bits per heavy atom. The lowest BCUT2D eigenvalue weighted by Crippen LogP contribution is -2.50. The summed E-state index contributed by atoms with van der Waals surface area (Å²) in [6.07, 6.45) is 4.65. The van der Waals surface area contributed by atoms with E-state index in [4.69, 9.17) is 4.74 Å². The second-order valence-corrected chi connectivity index (χ2v) is 11.2. The number of aryl methyl sites for hydroxylation is 2. The summed E-state index contributed by atoms with van der Waals surface area (Å²) < 4.78 is 7.51. The summed E-state index contributed by atoms with van der Waals surface area (Å²) in [5.74, 6) is 0.818. The summed E-state index contributed by atoms with van der Waals surface area (Å²) in [5, 5.41) is 0. The van der Waals surface area contributed by atoms with E-state index < -0.39 is 0 Å². The van der Waals surface area contributed by atoms with Crippen LogP contribution in [0, 0.1) is 13.8 Å². The highest BCUT2D eigenvalue weighted by Crippen LogP contribution is 2.32. The third kappa shape index (κ3) is 6.28. The molecule has 0 unspecified atom stereocenters. The van der Waals surface area contributed by atoms with Gasteiger partial charge in [0.25, 0.3) is 11.8 Å². The summed E-state index contributed by atoms with van der Waals surface area (Å²) in [4.78, 5) is 30.8. The van der Waals surface area contributed by atoms with Crippen LogP contribution in [0.5, 0.6) is 5.75 Å². The third-order valence-corrected chi connectivity index (χ3v) is 8.28. The number of hydrogen-bond acceptors (Lipinski definition) is 3. The lowest BCUT2D eigenvalue weighted by molar-refractivity contribution is 0.0535. The fourth-order valence-electron chi connectivity index (χ4n) is 5.68. The number of carbonyl (C=O) groups is 2. The van der Waals surface area contributed by atoms with Crippen LogP contribution in [0.4, 0.5) is 0 Å². The van der Waals surface area contributed by atoms with Gasteiger partial charge in [0.05, 0.1) is 18.4 Å². The molecule has 0 bridgehead atoms. The van der Waals surface area contributed by atoms with Gasteiger partial charge in [-0.15, -0.1) is 0 Å². The molecule has 0 N–H and O–H groups in total. The zero-order chi connectivity index (χ0) is 29.6. The van der Waals surface area contributed by atoms with Gasteiger partial charge < -0.3 is 19.1 Å². The molecule has 42 heavy (non-hydrogen) atoms. The van der Waals surface area contributed by atoms with E-state index in [0.29, 0.717) is 37.3 Å². The van der Waals surface area contributed by atoms with E-state index in [9.17, 15) is 9.59 Å². The number of nitrogens with zero attached hydrogens (tertiary/aromatic N) is 3. The lowest BCUT2D eigenvalue weighted by Gasteiger charge is -2.35. The quantitative estimate of drug-likeness (QED) is 0.204. The SMILES string of the molecule is CCCCCc1ccc(C(=O)N2CCN(C(=O)c3cc(-c4ccc(OC)cc4)n(-c4ccc(C)cc4)c3C)CC2)cc1. The predicted molar refractivity (Wildman–Crippen MR) is 169 cm³/mol. The highest BCUT2D eigenvalue weighted by atomic mass is 16.5. The van der Waals surface area contributed by atoms with Crippen LogP contribution >= 0.6 is 0 Å². The molecule has 1 aliphatic heterocycles. The lowest BCUT2D eigenvalue weighted by atomic mass is 10.0. The van der Waals surface area contributed by atoms with Crippen LogP contribution in [-0.2, 0) is 6.42 Å². The van der Waals surface area contributed by atoms with E-state index in [1.165, 1.54) is 30.4 Å². The number of piperazine rings is 1. The molecule has 1 saturated heterocycles. The van der Waals surface area contributed by atoms with Crippen LogP contribution in [0.25, 0.3) is 16.9 Å². The van der Waals surface area contributed by atoms with Crippen LogP contribution in [0.15, 0.2) is 78.9 Å². The van der Waals surface area contributed by atoms with Crippen molar-refractivity contribution >= 4 is 11.8 Å². The Morgan fingerprint density at radius 3 is 1.98 bits per heavy atom. The van der Waals surface area contributed by atoms with E-state index in [-0.39, 0.29) is 11.8 Å². The number of amides is 2. The van der Waals surface area contributed by atoms with Crippen LogP contribution < -0.4 is 4.74 Å². The van der Waals surface area contributed by atoms with Gasteiger partial charge in [-0.3, -0.25) is 9.59 Å². The maximum atomic E-state index is 13.9. The fraction of sp³-hybridized carbons (Fsp3) is 0.333. The van der Waals surface area contributed by atoms with Crippen molar-refractivity contribution in [2.75, 3.05) is 33.3 Å². The fourth-order valence-corrected chi connectivity index (χ4v) is 5.68. The van der Waals surface area contributed by atoms with E-state index >= 15 is 0 Å². The Bertz CT molecular complexity index is 1510. The van der Waals surface area contributed by atoms with Crippen LogP contribution in [-0.4, -0.2) is 59.5 Å². The number of benzene rings is 3. The normalized spacial score (nSPS) is 13.3. The van der Waals surface area contributed by atoms with Crippen molar-refractivity contribution < 1.29 is 14.3 Å². The van der Waals surface area contributed by atoms with Crippen LogP contribution in [0.2, 0.25) is 0 Å². The molecule has 218 valence electrons. The average molecular weight is 564 g/mol. The smallest absolute Gasteiger partial charge is 0.255 e. The van der Waals surface area contributed by atoms with Gasteiger partial charge in [0.1, 0.15) is 5.75 Å². The van der Waals surface area contributed by atoms with Gasteiger partial charge in [-0.25, -0.2) is 0 Å². The van der Waals surface area contributed by atoms with E-state index in [1.807, 2.05) is 59.2 Å². The molecule has 6 heteroatoms. The molecule has 1 fully saturated rings. The zero-order valence-corrected chi connectivity index (χ0v) is 25.2. The number of ether oxygens (including phenoxy) is 1. The minimum Gasteiger partial charge on any atom is -0.497 e. The molecule has 0 atom stereocenters. The molecule has 2 heterocycles. The topological polar surface area (TPSA) is 54.8 Å². The van der Waals surface area contributed by atoms with Gasteiger partial charge in [0.15, 0.2) is 0 Å². The number of aromatic nitrogens is 1. The maximum Gasteiger partial charge on any atom is 0.255 e. The van der Waals surface area contributed by atoms with E-state index in [0.717, 1.165) is 34.8 Å². The van der Waals surface area contributed by atoms with Crippen molar-refractivity contribution in [2.45, 2.75) is 46.5 Å². The van der Waals surface area contributed by atoms with Crippen molar-refractivity contribution in [3.8, 4) is 22.7 Å². The minimum absolute atomic E-state index is 0.00310. The average Bonchev–Trinajstić information content (AvgIpc) is 3.38. The molecule has 0 saturated carbocycles. The molecule has 1 aliphatic rings. The maximum absolute atomic E-state index is 13.9. The van der Waals surface area contributed by atoms with Gasteiger partial charge >= 0.3 is 0 Å². The third-order valence-electron chi connectivity index (χ3n) is 8.28. The molecule has 5 rings (SSSR count). The summed E-state index contributed by atoms with van der Waals surface area (Å²) in [6.45, 7) is 8.33. The first-order valence-corrected chi connectivity index (χ1v) is 15.0. The Kier molecular flexibility index (Phi) is 9.11. The molecule has 6 nitrogen and oxygen atoms in total. The molecular weight excluding hydrogens is 522 g/mol. The van der Waals surface area contributed by atoms with Gasteiger partial charge in [0, 0.05) is 43.1 Å². The number of methoxy groups -OCH3 is 1. The van der Waals surface area contributed by atoms with Crippen molar-refractivity contribution in [1.29, 1.82) is 0 Å². The van der Waals surface area contributed by atoms with E-state index in [2.05, 4.69) is 54.8 Å². The largest absolute Gasteiger partial charge is 0.497 e. The summed E-state index contributed by atoms with van der Waals surface area (Å²) in [6, 6.07) is 26.3. The number of rotatable bonds is 9. The number of hydrogen-bond donors (Lipinski definition) is 0.